The van der Waals surface area contributed by atoms with Crippen LogP contribution in [0.2, 0.25) is 0 Å². The number of imidazole rings is 1. The molecule has 33 heavy (non-hydrogen) atoms. The van der Waals surface area contributed by atoms with E-state index in [1.165, 1.54) is 32.1 Å². The predicted molar refractivity (Wildman–Crippen MR) is 129 cm³/mol. The number of carboxylic acid groups (broad SMARTS) is 1. The molecule has 0 amide bonds. The monoisotopic (exact) mass is 440 g/mol. The van der Waals surface area contributed by atoms with E-state index in [1.807, 2.05) is 38.1 Å². The molecule has 2 heterocycles. The number of nitrogens with zero attached hydrogens (tertiary/aromatic N) is 4. The summed E-state index contributed by atoms with van der Waals surface area (Å²) in [5.41, 5.74) is 6.89. The molecule has 2 aromatic heterocycles. The number of aromatic carboxylic acids is 1. The predicted octanol–water partition coefficient (Wildman–Crippen LogP) is 5.90. The summed E-state index contributed by atoms with van der Waals surface area (Å²) in [6.45, 7) is 4.68. The van der Waals surface area contributed by atoms with Crippen molar-refractivity contribution >= 4 is 17.0 Å². The third-order valence-electron chi connectivity index (χ3n) is 6.77. The van der Waals surface area contributed by atoms with Gasteiger partial charge in [-0.25, -0.2) is 9.78 Å². The molecule has 0 bridgehead atoms. The fourth-order valence-corrected chi connectivity index (χ4v) is 5.06. The highest BCUT2D eigenvalue weighted by Gasteiger charge is 2.24. The van der Waals surface area contributed by atoms with E-state index in [-0.39, 0.29) is 0 Å². The molecule has 0 radical (unpaired) electrons. The van der Waals surface area contributed by atoms with E-state index in [1.54, 1.807) is 12.1 Å². The maximum absolute atomic E-state index is 11.6. The Morgan fingerprint density at radius 2 is 1.67 bits per heavy atom. The highest BCUT2D eigenvalue weighted by Crippen LogP contribution is 2.35. The first-order valence-corrected chi connectivity index (χ1v) is 11.6. The minimum atomic E-state index is -0.913. The van der Waals surface area contributed by atoms with Crippen LogP contribution < -0.4 is 0 Å². The van der Waals surface area contributed by atoms with Gasteiger partial charge in [-0.2, -0.15) is 10.2 Å². The SMILES string of the molecule is Cc1nnc(C)c2c1nc(C1CCCCC1)n2Cc1ccc(-c2ccccc2C(=O)O)cc1. The summed E-state index contributed by atoms with van der Waals surface area (Å²) in [6.07, 6.45) is 6.15. The number of hydrogen-bond donors (Lipinski definition) is 1. The Hall–Kier alpha value is -3.54. The maximum Gasteiger partial charge on any atom is 0.336 e. The van der Waals surface area contributed by atoms with Gasteiger partial charge in [0, 0.05) is 12.5 Å². The highest BCUT2D eigenvalue weighted by atomic mass is 16.4. The molecular formula is C27H28N4O2. The summed E-state index contributed by atoms with van der Waals surface area (Å²) in [5, 5.41) is 18.2. The van der Waals surface area contributed by atoms with Crippen LogP contribution in [0.1, 0.15) is 71.2 Å². The number of benzene rings is 2. The second-order valence-corrected chi connectivity index (χ2v) is 9.01. The van der Waals surface area contributed by atoms with Crippen molar-refractivity contribution in [2.45, 2.75) is 58.4 Å². The Balaban J connectivity index is 1.54. The first-order chi connectivity index (χ1) is 16.0. The minimum absolute atomic E-state index is 0.315. The summed E-state index contributed by atoms with van der Waals surface area (Å²) in [7, 11) is 0. The minimum Gasteiger partial charge on any atom is -0.478 e. The van der Waals surface area contributed by atoms with Crippen molar-refractivity contribution in [2.24, 2.45) is 0 Å². The molecule has 6 nitrogen and oxygen atoms in total. The van der Waals surface area contributed by atoms with Gasteiger partial charge in [0.2, 0.25) is 0 Å². The Labute approximate surface area is 193 Å². The Kier molecular flexibility index (Phi) is 5.67. The standard InChI is InChI=1S/C27H28N4O2/c1-17-24-25(18(2)30-29-17)31(26(28-24)21-8-4-3-5-9-21)16-19-12-14-20(15-13-19)22-10-6-7-11-23(22)27(32)33/h6-7,10-15,21H,3-5,8-9,16H2,1-2H3,(H,32,33). The summed E-state index contributed by atoms with van der Waals surface area (Å²) < 4.78 is 2.34. The highest BCUT2D eigenvalue weighted by molar-refractivity contribution is 5.96. The lowest BCUT2D eigenvalue weighted by molar-refractivity contribution is 0.0697. The summed E-state index contributed by atoms with van der Waals surface area (Å²) >= 11 is 0. The normalized spacial score (nSPS) is 14.6. The first-order valence-electron chi connectivity index (χ1n) is 11.6. The summed E-state index contributed by atoms with van der Waals surface area (Å²) in [6, 6.07) is 15.3. The van der Waals surface area contributed by atoms with Crippen molar-refractivity contribution < 1.29 is 9.90 Å². The molecule has 2 aromatic carbocycles. The largest absolute Gasteiger partial charge is 0.478 e. The van der Waals surface area contributed by atoms with Gasteiger partial charge in [-0.3, -0.25) is 0 Å². The van der Waals surface area contributed by atoms with Crippen LogP contribution in [0.25, 0.3) is 22.2 Å². The molecule has 0 spiro atoms. The molecule has 4 aromatic rings. The van der Waals surface area contributed by atoms with Gasteiger partial charge in [0.15, 0.2) is 0 Å². The van der Waals surface area contributed by atoms with Crippen LogP contribution in [-0.4, -0.2) is 30.8 Å². The summed E-state index contributed by atoms with van der Waals surface area (Å²) in [5.74, 6) is 0.696. The number of fused-ring (bicyclic) bond motifs is 1. The second kappa shape index (κ2) is 8.77. The summed E-state index contributed by atoms with van der Waals surface area (Å²) in [4.78, 5) is 16.7. The average molecular weight is 441 g/mol. The van der Waals surface area contributed by atoms with Crippen molar-refractivity contribution in [3.8, 4) is 11.1 Å². The number of carboxylic acids is 1. The number of aromatic nitrogens is 4. The molecule has 1 fully saturated rings. The average Bonchev–Trinajstić information content (AvgIpc) is 3.23. The number of hydrogen-bond acceptors (Lipinski definition) is 4. The van der Waals surface area contributed by atoms with Crippen LogP contribution in [0.15, 0.2) is 48.5 Å². The van der Waals surface area contributed by atoms with Crippen molar-refractivity contribution in [1.82, 2.24) is 19.7 Å². The van der Waals surface area contributed by atoms with E-state index >= 15 is 0 Å². The van der Waals surface area contributed by atoms with Gasteiger partial charge >= 0.3 is 5.97 Å². The lowest BCUT2D eigenvalue weighted by atomic mass is 9.88. The quantitative estimate of drug-likeness (QED) is 0.418. The molecular weight excluding hydrogens is 412 g/mol. The Morgan fingerprint density at radius 1 is 0.970 bits per heavy atom. The fourth-order valence-electron chi connectivity index (χ4n) is 5.06. The van der Waals surface area contributed by atoms with E-state index in [9.17, 15) is 9.90 Å². The maximum atomic E-state index is 11.6. The zero-order valence-corrected chi connectivity index (χ0v) is 19.1. The van der Waals surface area contributed by atoms with Gasteiger partial charge in [-0.15, -0.1) is 0 Å². The van der Waals surface area contributed by atoms with E-state index in [2.05, 4.69) is 26.9 Å². The van der Waals surface area contributed by atoms with Crippen LogP contribution in [-0.2, 0) is 6.54 Å². The fraction of sp³-hybridized carbons (Fsp3) is 0.333. The van der Waals surface area contributed by atoms with E-state index in [0.717, 1.165) is 44.9 Å². The molecule has 0 aliphatic heterocycles. The van der Waals surface area contributed by atoms with Crippen molar-refractivity contribution in [1.29, 1.82) is 0 Å². The Morgan fingerprint density at radius 3 is 2.39 bits per heavy atom. The van der Waals surface area contributed by atoms with Gasteiger partial charge in [-0.1, -0.05) is 61.7 Å². The van der Waals surface area contributed by atoms with Crippen molar-refractivity contribution in [2.75, 3.05) is 0 Å². The van der Waals surface area contributed by atoms with Crippen molar-refractivity contribution in [3.63, 3.8) is 0 Å². The molecule has 1 saturated carbocycles. The first kappa shape index (κ1) is 21.3. The molecule has 1 aliphatic carbocycles. The number of aryl methyl sites for hydroxylation is 2. The zero-order chi connectivity index (χ0) is 22.9. The molecule has 5 rings (SSSR count). The smallest absolute Gasteiger partial charge is 0.336 e. The van der Waals surface area contributed by atoms with Crippen LogP contribution in [0.4, 0.5) is 0 Å². The van der Waals surface area contributed by atoms with E-state index in [0.29, 0.717) is 18.0 Å². The lowest BCUT2D eigenvalue weighted by Crippen LogP contribution is -2.13. The zero-order valence-electron chi connectivity index (χ0n) is 19.1. The lowest BCUT2D eigenvalue weighted by Gasteiger charge is -2.22. The molecule has 0 unspecified atom stereocenters. The van der Waals surface area contributed by atoms with Gasteiger partial charge < -0.3 is 9.67 Å². The van der Waals surface area contributed by atoms with Crippen LogP contribution in [0.3, 0.4) is 0 Å². The van der Waals surface area contributed by atoms with Crippen LogP contribution >= 0.6 is 0 Å². The van der Waals surface area contributed by atoms with Gasteiger partial charge in [0.1, 0.15) is 11.3 Å². The molecule has 0 saturated heterocycles. The van der Waals surface area contributed by atoms with Gasteiger partial charge in [0.05, 0.1) is 22.5 Å². The second-order valence-electron chi connectivity index (χ2n) is 9.01. The molecule has 1 aliphatic rings. The van der Waals surface area contributed by atoms with Gasteiger partial charge in [-0.05, 0) is 49.4 Å². The van der Waals surface area contributed by atoms with Gasteiger partial charge in [0.25, 0.3) is 0 Å². The third-order valence-corrected chi connectivity index (χ3v) is 6.77. The topological polar surface area (TPSA) is 80.9 Å². The number of rotatable bonds is 5. The van der Waals surface area contributed by atoms with E-state index < -0.39 is 5.97 Å². The molecule has 0 atom stereocenters. The molecule has 168 valence electrons. The number of carbonyl (C=O) groups is 1. The third kappa shape index (κ3) is 4.01. The molecule has 6 heteroatoms. The van der Waals surface area contributed by atoms with E-state index in [4.69, 9.17) is 4.98 Å². The van der Waals surface area contributed by atoms with Crippen molar-refractivity contribution in [3.05, 3.63) is 76.9 Å². The van der Waals surface area contributed by atoms with Crippen LogP contribution in [0.5, 0.6) is 0 Å². The molecule has 1 N–H and O–H groups in total. The Bertz CT molecular complexity index is 1320. The van der Waals surface area contributed by atoms with Crippen LogP contribution in [0, 0.1) is 13.8 Å².